The van der Waals surface area contributed by atoms with Crippen LogP contribution in [-0.2, 0) is 17.9 Å². The summed E-state index contributed by atoms with van der Waals surface area (Å²) < 4.78 is 40.9. The summed E-state index contributed by atoms with van der Waals surface area (Å²) in [5.41, 5.74) is 3.10. The fourth-order valence-electron chi connectivity index (χ4n) is 4.66. The first-order valence-electron chi connectivity index (χ1n) is 11.3. The predicted octanol–water partition coefficient (Wildman–Crippen LogP) is 4.15. The predicted molar refractivity (Wildman–Crippen MR) is 125 cm³/mol. The van der Waals surface area contributed by atoms with Crippen LogP contribution in [0.4, 0.5) is 24.7 Å². The monoisotopic (exact) mass is 492 g/mol. The van der Waals surface area contributed by atoms with E-state index < -0.39 is 30.5 Å². The number of fused-ring (bicyclic) bond motifs is 2. The molecule has 36 heavy (non-hydrogen) atoms. The summed E-state index contributed by atoms with van der Waals surface area (Å²) in [7, 11) is 0. The largest absolute Gasteiger partial charge is 0.338 e. The third-order valence-corrected chi connectivity index (χ3v) is 6.59. The van der Waals surface area contributed by atoms with Crippen LogP contribution in [0.3, 0.4) is 0 Å². The highest BCUT2D eigenvalue weighted by molar-refractivity contribution is 5.82. The molecule has 4 aromatic rings. The summed E-state index contributed by atoms with van der Waals surface area (Å²) in [5.74, 6) is -4.06. The van der Waals surface area contributed by atoms with Gasteiger partial charge in [-0.05, 0) is 35.4 Å². The lowest BCUT2D eigenvalue weighted by Gasteiger charge is -2.36. The van der Waals surface area contributed by atoms with Crippen LogP contribution >= 0.6 is 0 Å². The van der Waals surface area contributed by atoms with Crippen molar-refractivity contribution in [3.05, 3.63) is 76.2 Å². The van der Waals surface area contributed by atoms with Crippen molar-refractivity contribution in [3.8, 4) is 11.4 Å². The molecular formula is C25H19F3N6O2. The van der Waals surface area contributed by atoms with Gasteiger partial charge in [-0.15, -0.1) is 0 Å². The van der Waals surface area contributed by atoms with E-state index in [-0.39, 0.29) is 23.1 Å². The van der Waals surface area contributed by atoms with Gasteiger partial charge in [-0.3, -0.25) is 9.59 Å². The van der Waals surface area contributed by atoms with Crippen LogP contribution in [0.15, 0.2) is 53.7 Å². The van der Waals surface area contributed by atoms with Crippen LogP contribution in [0, 0.1) is 11.7 Å². The second kappa shape index (κ2) is 8.14. The van der Waals surface area contributed by atoms with E-state index in [1.165, 1.54) is 6.33 Å². The lowest BCUT2D eigenvalue weighted by Crippen LogP contribution is -2.45. The fourth-order valence-corrected chi connectivity index (χ4v) is 4.66. The maximum absolute atomic E-state index is 14.5. The van der Waals surface area contributed by atoms with Gasteiger partial charge in [0.15, 0.2) is 17.5 Å². The number of hydrogen-bond acceptors (Lipinski definition) is 6. The normalized spacial score (nSPS) is 16.6. The molecule has 0 atom stereocenters. The van der Waals surface area contributed by atoms with Crippen LogP contribution in [0.1, 0.15) is 24.0 Å². The van der Waals surface area contributed by atoms with Gasteiger partial charge in [0, 0.05) is 43.1 Å². The lowest BCUT2D eigenvalue weighted by molar-refractivity contribution is -0.160. The van der Waals surface area contributed by atoms with Crippen molar-refractivity contribution in [1.82, 2.24) is 24.8 Å². The summed E-state index contributed by atoms with van der Waals surface area (Å²) >= 11 is 0. The van der Waals surface area contributed by atoms with Crippen molar-refractivity contribution < 1.29 is 18.0 Å². The molecule has 2 aromatic carbocycles. The first kappa shape index (κ1) is 22.2. The van der Waals surface area contributed by atoms with Gasteiger partial charge in [-0.2, -0.15) is 0 Å². The van der Waals surface area contributed by atoms with Gasteiger partial charge in [0.2, 0.25) is 11.8 Å². The fraction of sp³-hybridized carbons (Fsp3) is 0.240. The Labute approximate surface area is 202 Å². The summed E-state index contributed by atoms with van der Waals surface area (Å²) in [6.45, 7) is 0.687. The highest BCUT2D eigenvalue weighted by Crippen LogP contribution is 2.44. The summed E-state index contributed by atoms with van der Waals surface area (Å²) in [5, 5.41) is 3.31. The Morgan fingerprint density at radius 1 is 1.08 bits per heavy atom. The molecule has 3 heterocycles. The zero-order valence-electron chi connectivity index (χ0n) is 18.8. The minimum atomic E-state index is -2.74. The molecule has 2 aliphatic rings. The van der Waals surface area contributed by atoms with Gasteiger partial charge in [0.05, 0.1) is 23.4 Å². The van der Waals surface area contributed by atoms with Gasteiger partial charge in [0.1, 0.15) is 0 Å². The van der Waals surface area contributed by atoms with E-state index in [4.69, 9.17) is 0 Å². The topological polar surface area (TPSA) is 104 Å². The van der Waals surface area contributed by atoms with Crippen molar-refractivity contribution in [1.29, 1.82) is 0 Å². The highest BCUT2D eigenvalue weighted by Gasteiger charge is 2.50. The minimum Gasteiger partial charge on any atom is -0.338 e. The first-order chi connectivity index (χ1) is 17.3. The van der Waals surface area contributed by atoms with E-state index in [9.17, 15) is 22.8 Å². The molecule has 0 spiro atoms. The zero-order valence-corrected chi connectivity index (χ0v) is 18.8. The molecule has 8 nitrogen and oxygen atoms in total. The number of aromatic amines is 1. The van der Waals surface area contributed by atoms with E-state index in [2.05, 4.69) is 25.3 Å². The standard InChI is InChI=1S/C25H19F3N6O2/c26-19-9-29-21(33-22(19)32-17-3-4-18-20(6-17)30-12-31-23(18)35)13-1-2-14-10-34(11-15(14)5-13)24(36)16-7-25(27,28)8-16/h1-6,9,12,16H,7-8,10-11H2,(H,29,32,33)(H,30,31,35). The molecule has 0 radical (unpaired) electrons. The molecule has 1 saturated carbocycles. The van der Waals surface area contributed by atoms with Gasteiger partial charge in [-0.1, -0.05) is 12.1 Å². The number of anilines is 2. The Morgan fingerprint density at radius 3 is 2.69 bits per heavy atom. The molecule has 1 aliphatic heterocycles. The molecule has 182 valence electrons. The van der Waals surface area contributed by atoms with Crippen molar-refractivity contribution in [2.75, 3.05) is 5.32 Å². The number of benzene rings is 2. The zero-order chi connectivity index (χ0) is 25.0. The SMILES string of the molecule is O=C(C1CC(F)(F)C1)N1Cc2ccc(-c3ncc(F)c(Nc4ccc5c(=O)[nH]cnc5c4)n3)cc2C1. The van der Waals surface area contributed by atoms with Gasteiger partial charge < -0.3 is 15.2 Å². The molecule has 11 heteroatoms. The van der Waals surface area contributed by atoms with Crippen molar-refractivity contribution >= 4 is 28.3 Å². The number of alkyl halides is 2. The third kappa shape index (κ3) is 3.96. The second-order valence-corrected chi connectivity index (χ2v) is 9.12. The molecule has 0 unspecified atom stereocenters. The lowest BCUT2D eigenvalue weighted by atomic mass is 9.80. The van der Waals surface area contributed by atoms with Gasteiger partial charge in [-0.25, -0.2) is 28.1 Å². The van der Waals surface area contributed by atoms with E-state index in [1.807, 2.05) is 12.1 Å². The Balaban J connectivity index is 1.23. The van der Waals surface area contributed by atoms with Crippen molar-refractivity contribution in [3.63, 3.8) is 0 Å². The van der Waals surface area contributed by atoms with Crippen molar-refractivity contribution in [2.45, 2.75) is 31.9 Å². The number of H-pyrrole nitrogens is 1. The van der Waals surface area contributed by atoms with Crippen LogP contribution in [0.5, 0.6) is 0 Å². The molecule has 2 N–H and O–H groups in total. The van der Waals surface area contributed by atoms with Gasteiger partial charge in [0.25, 0.3) is 5.56 Å². The van der Waals surface area contributed by atoms with Crippen molar-refractivity contribution in [2.24, 2.45) is 5.92 Å². The van der Waals surface area contributed by atoms with E-state index in [0.29, 0.717) is 35.2 Å². The molecule has 0 bridgehead atoms. The number of carbonyl (C=O) groups is 1. The number of halogens is 3. The second-order valence-electron chi connectivity index (χ2n) is 9.12. The summed E-state index contributed by atoms with van der Waals surface area (Å²) in [4.78, 5) is 41.1. The van der Waals surface area contributed by atoms with Crippen LogP contribution in [-0.4, -0.2) is 36.7 Å². The Hall–Kier alpha value is -4.28. The molecule has 1 aliphatic carbocycles. The molecule has 6 rings (SSSR count). The third-order valence-electron chi connectivity index (χ3n) is 6.59. The van der Waals surface area contributed by atoms with Crippen LogP contribution < -0.4 is 10.9 Å². The minimum absolute atomic E-state index is 0.0487. The number of nitrogens with one attached hydrogen (secondary N) is 2. The number of rotatable bonds is 4. The number of amides is 1. The average molecular weight is 492 g/mol. The maximum atomic E-state index is 14.5. The summed E-state index contributed by atoms with van der Waals surface area (Å²) in [6.07, 6.45) is 1.57. The molecule has 1 fully saturated rings. The Kier molecular flexibility index (Phi) is 5.02. The van der Waals surface area contributed by atoms with Crippen LogP contribution in [0.2, 0.25) is 0 Å². The Morgan fingerprint density at radius 2 is 1.89 bits per heavy atom. The van der Waals surface area contributed by atoms with Gasteiger partial charge >= 0.3 is 0 Å². The number of hydrogen-bond donors (Lipinski definition) is 2. The summed E-state index contributed by atoms with van der Waals surface area (Å²) in [6, 6.07) is 10.3. The highest BCUT2D eigenvalue weighted by atomic mass is 19.3. The maximum Gasteiger partial charge on any atom is 0.258 e. The van der Waals surface area contributed by atoms with Crippen LogP contribution in [0.25, 0.3) is 22.3 Å². The first-order valence-corrected chi connectivity index (χ1v) is 11.3. The Bertz CT molecular complexity index is 1580. The molecular weight excluding hydrogens is 473 g/mol. The molecule has 0 saturated heterocycles. The van der Waals surface area contributed by atoms with E-state index in [1.54, 1.807) is 29.2 Å². The quantitative estimate of drug-likeness (QED) is 0.444. The van der Waals surface area contributed by atoms with E-state index in [0.717, 1.165) is 17.3 Å². The van der Waals surface area contributed by atoms with E-state index >= 15 is 0 Å². The molecule has 2 aromatic heterocycles. The number of nitrogens with zero attached hydrogens (tertiary/aromatic N) is 4. The smallest absolute Gasteiger partial charge is 0.258 e. The molecule has 1 amide bonds. The number of carbonyl (C=O) groups excluding carboxylic acids is 1. The average Bonchev–Trinajstić information content (AvgIpc) is 3.27. The number of aromatic nitrogens is 4.